The van der Waals surface area contributed by atoms with Crippen LogP contribution in [0.2, 0.25) is 0 Å². The Bertz CT molecular complexity index is 556. The quantitative estimate of drug-likeness (QED) is 0.842. The number of ether oxygens (including phenoxy) is 1. The number of amides is 2. The minimum absolute atomic E-state index is 0.116. The zero-order chi connectivity index (χ0) is 16.8. The van der Waals surface area contributed by atoms with Gasteiger partial charge in [0.25, 0.3) is 5.91 Å². The summed E-state index contributed by atoms with van der Waals surface area (Å²) < 4.78 is 4.99. The highest BCUT2D eigenvalue weighted by atomic mass is 16.5. The lowest BCUT2D eigenvalue weighted by Gasteiger charge is -2.22. The Kier molecular flexibility index (Phi) is 5.98. The fourth-order valence-corrected chi connectivity index (χ4v) is 2.56. The summed E-state index contributed by atoms with van der Waals surface area (Å²) in [5, 5.41) is 5.99. The van der Waals surface area contributed by atoms with E-state index in [9.17, 15) is 9.59 Å². The zero-order valence-electron chi connectivity index (χ0n) is 14.0. The number of hydrogen-bond acceptors (Lipinski definition) is 4. The molecule has 0 saturated carbocycles. The van der Waals surface area contributed by atoms with Gasteiger partial charge in [0.15, 0.2) is 0 Å². The molecule has 1 aliphatic rings. The van der Waals surface area contributed by atoms with Crippen LogP contribution in [0.5, 0.6) is 0 Å². The number of methoxy groups -OCH3 is 1. The second kappa shape index (κ2) is 7.97. The van der Waals surface area contributed by atoms with Crippen LogP contribution < -0.4 is 10.6 Å². The Hall–Kier alpha value is -2.08. The number of carbonyl (C=O) groups excluding carboxylic acids is 2. The molecule has 0 bridgehead atoms. The van der Waals surface area contributed by atoms with Crippen LogP contribution in [0.15, 0.2) is 24.3 Å². The molecule has 2 rings (SSSR count). The summed E-state index contributed by atoms with van der Waals surface area (Å²) in [7, 11) is 1.49. The summed E-state index contributed by atoms with van der Waals surface area (Å²) in [6.07, 6.45) is 1.65. The van der Waals surface area contributed by atoms with Crippen LogP contribution in [-0.4, -0.2) is 49.1 Å². The molecule has 1 aliphatic heterocycles. The third-order valence-electron chi connectivity index (χ3n) is 4.02. The molecule has 23 heavy (non-hydrogen) atoms. The molecule has 2 atom stereocenters. The number of rotatable bonds is 6. The average molecular weight is 319 g/mol. The number of benzene rings is 1. The molecule has 1 saturated heterocycles. The second-order valence-electron chi connectivity index (χ2n) is 5.85. The Labute approximate surface area is 137 Å². The topological polar surface area (TPSA) is 70.7 Å². The van der Waals surface area contributed by atoms with Crippen LogP contribution in [0.3, 0.4) is 0 Å². The van der Waals surface area contributed by atoms with Crippen molar-refractivity contribution < 1.29 is 14.3 Å². The molecule has 2 unspecified atom stereocenters. The van der Waals surface area contributed by atoms with Gasteiger partial charge in [0.2, 0.25) is 5.91 Å². The molecule has 6 nitrogen and oxygen atoms in total. The predicted octanol–water partition coefficient (Wildman–Crippen LogP) is 2.08. The Morgan fingerprint density at radius 2 is 1.83 bits per heavy atom. The minimum Gasteiger partial charge on any atom is -0.374 e. The largest absolute Gasteiger partial charge is 0.374 e. The monoisotopic (exact) mass is 319 g/mol. The molecule has 2 N–H and O–H groups in total. The highest BCUT2D eigenvalue weighted by molar-refractivity contribution is 5.94. The first kappa shape index (κ1) is 17.3. The number of nitrogens with one attached hydrogen (secondary N) is 2. The molecule has 0 spiro atoms. The van der Waals surface area contributed by atoms with E-state index >= 15 is 0 Å². The number of likely N-dealkylation sites (tertiary alicyclic amines) is 1. The summed E-state index contributed by atoms with van der Waals surface area (Å²) in [5.41, 5.74) is 1.47. The smallest absolute Gasteiger partial charge is 0.253 e. The summed E-state index contributed by atoms with van der Waals surface area (Å²) in [4.78, 5) is 26.1. The molecule has 6 heteroatoms. The van der Waals surface area contributed by atoms with Crippen molar-refractivity contribution in [2.24, 2.45) is 0 Å². The van der Waals surface area contributed by atoms with Crippen molar-refractivity contribution in [2.45, 2.75) is 38.8 Å². The number of hydrogen-bond donors (Lipinski definition) is 2. The molecule has 1 aromatic carbocycles. The summed E-state index contributed by atoms with van der Waals surface area (Å²) >= 11 is 0. The van der Waals surface area contributed by atoms with Gasteiger partial charge >= 0.3 is 0 Å². The Morgan fingerprint density at radius 1 is 1.17 bits per heavy atom. The van der Waals surface area contributed by atoms with Gasteiger partial charge in [-0.25, -0.2) is 0 Å². The SMILES string of the molecule is COC(C)C(=O)Nc1cccc(NC(C)C(=O)N2CCCC2)c1. The highest BCUT2D eigenvalue weighted by Gasteiger charge is 2.23. The first-order chi connectivity index (χ1) is 11.0. The van der Waals surface area contributed by atoms with E-state index in [0.717, 1.165) is 31.6 Å². The van der Waals surface area contributed by atoms with Crippen LogP contribution >= 0.6 is 0 Å². The van der Waals surface area contributed by atoms with E-state index < -0.39 is 6.10 Å². The first-order valence-electron chi connectivity index (χ1n) is 8.00. The van der Waals surface area contributed by atoms with E-state index in [4.69, 9.17) is 4.74 Å². The number of nitrogens with zero attached hydrogens (tertiary/aromatic N) is 1. The number of carbonyl (C=O) groups is 2. The number of anilines is 2. The van der Waals surface area contributed by atoms with Crippen molar-refractivity contribution >= 4 is 23.2 Å². The maximum absolute atomic E-state index is 12.3. The summed E-state index contributed by atoms with van der Waals surface area (Å²) in [5.74, 6) is -0.0872. The fraction of sp³-hybridized carbons (Fsp3) is 0.529. The minimum atomic E-state index is -0.512. The van der Waals surface area contributed by atoms with Crippen LogP contribution in [-0.2, 0) is 14.3 Å². The van der Waals surface area contributed by atoms with Crippen molar-refractivity contribution in [1.29, 1.82) is 0 Å². The predicted molar refractivity (Wildman–Crippen MR) is 90.4 cm³/mol. The maximum Gasteiger partial charge on any atom is 0.253 e. The lowest BCUT2D eigenvalue weighted by Crippen LogP contribution is -2.39. The van der Waals surface area contributed by atoms with Crippen LogP contribution in [0.4, 0.5) is 11.4 Å². The molecule has 2 amide bonds. The van der Waals surface area contributed by atoms with E-state index in [1.165, 1.54) is 7.11 Å². The van der Waals surface area contributed by atoms with Gasteiger partial charge in [0.1, 0.15) is 12.1 Å². The molecular weight excluding hydrogens is 294 g/mol. The average Bonchev–Trinajstić information content (AvgIpc) is 3.07. The molecule has 0 aliphatic carbocycles. The molecule has 0 aromatic heterocycles. The summed E-state index contributed by atoms with van der Waals surface area (Å²) in [6.45, 7) is 5.23. The molecule has 0 radical (unpaired) electrons. The van der Waals surface area contributed by atoms with Crippen molar-refractivity contribution in [2.75, 3.05) is 30.8 Å². The van der Waals surface area contributed by atoms with Gasteiger partial charge < -0.3 is 20.3 Å². The first-order valence-corrected chi connectivity index (χ1v) is 8.00. The normalized spacial score (nSPS) is 16.7. The van der Waals surface area contributed by atoms with E-state index in [0.29, 0.717) is 5.69 Å². The highest BCUT2D eigenvalue weighted by Crippen LogP contribution is 2.18. The third-order valence-corrected chi connectivity index (χ3v) is 4.02. The lowest BCUT2D eigenvalue weighted by atomic mass is 10.2. The van der Waals surface area contributed by atoms with Gasteiger partial charge in [-0.3, -0.25) is 9.59 Å². The Balaban J connectivity index is 1.96. The van der Waals surface area contributed by atoms with Gasteiger partial charge in [-0.05, 0) is 44.9 Å². The van der Waals surface area contributed by atoms with Gasteiger partial charge in [0, 0.05) is 31.6 Å². The van der Waals surface area contributed by atoms with Gasteiger partial charge in [-0.15, -0.1) is 0 Å². The van der Waals surface area contributed by atoms with E-state index in [2.05, 4.69) is 10.6 Å². The van der Waals surface area contributed by atoms with E-state index in [-0.39, 0.29) is 17.9 Å². The van der Waals surface area contributed by atoms with Crippen LogP contribution in [0, 0.1) is 0 Å². The van der Waals surface area contributed by atoms with Crippen molar-refractivity contribution in [1.82, 2.24) is 4.90 Å². The molecule has 126 valence electrons. The zero-order valence-corrected chi connectivity index (χ0v) is 14.0. The van der Waals surface area contributed by atoms with Gasteiger partial charge in [0.05, 0.1) is 0 Å². The van der Waals surface area contributed by atoms with Crippen molar-refractivity contribution in [3.05, 3.63) is 24.3 Å². The third kappa shape index (κ3) is 4.69. The standard InChI is InChI=1S/C17H25N3O3/c1-12(17(22)20-9-4-5-10-20)18-14-7-6-8-15(11-14)19-16(21)13(2)23-3/h6-8,11-13,18H,4-5,9-10H2,1-3H3,(H,19,21). The van der Waals surface area contributed by atoms with Crippen molar-refractivity contribution in [3.63, 3.8) is 0 Å². The Morgan fingerprint density at radius 3 is 2.48 bits per heavy atom. The molecular formula is C17H25N3O3. The van der Waals surface area contributed by atoms with Gasteiger partial charge in [-0.1, -0.05) is 6.07 Å². The molecule has 1 fully saturated rings. The van der Waals surface area contributed by atoms with Gasteiger partial charge in [-0.2, -0.15) is 0 Å². The second-order valence-corrected chi connectivity index (χ2v) is 5.85. The van der Waals surface area contributed by atoms with E-state index in [1.807, 2.05) is 30.0 Å². The summed E-state index contributed by atoms with van der Waals surface area (Å²) in [6, 6.07) is 7.04. The van der Waals surface area contributed by atoms with Crippen LogP contribution in [0.25, 0.3) is 0 Å². The molecule has 1 aromatic rings. The fourth-order valence-electron chi connectivity index (χ4n) is 2.56. The van der Waals surface area contributed by atoms with Crippen LogP contribution in [0.1, 0.15) is 26.7 Å². The van der Waals surface area contributed by atoms with E-state index in [1.54, 1.807) is 13.0 Å². The lowest BCUT2D eigenvalue weighted by molar-refractivity contribution is -0.130. The van der Waals surface area contributed by atoms with Crippen molar-refractivity contribution in [3.8, 4) is 0 Å². The molecule has 1 heterocycles. The maximum atomic E-state index is 12.3.